The standard InChI is InChI=1S/C17H21BrN2O4/c1-2-24-17(23)8-7-16(22)20-10-9-19(11-15(20)12-21)14-5-3-13(18)4-6-14/h3-8,15,21H,2,9-12H2,1H3/b8-7+. The minimum absolute atomic E-state index is 0.133. The van der Waals surface area contributed by atoms with E-state index in [4.69, 9.17) is 4.74 Å². The molecule has 0 aromatic heterocycles. The minimum Gasteiger partial charge on any atom is -0.463 e. The summed E-state index contributed by atoms with van der Waals surface area (Å²) in [4.78, 5) is 27.3. The number of nitrogens with zero attached hydrogens (tertiary/aromatic N) is 2. The van der Waals surface area contributed by atoms with Crippen LogP contribution in [0.1, 0.15) is 6.92 Å². The third-order valence-electron chi connectivity index (χ3n) is 3.82. The van der Waals surface area contributed by atoms with E-state index in [1.54, 1.807) is 11.8 Å². The number of halogens is 1. The topological polar surface area (TPSA) is 70.1 Å². The molecule has 1 unspecified atom stereocenters. The maximum absolute atomic E-state index is 12.3. The Balaban J connectivity index is 2.00. The lowest BCUT2D eigenvalue weighted by Gasteiger charge is -2.41. The molecular formula is C17H21BrN2O4. The monoisotopic (exact) mass is 396 g/mol. The van der Waals surface area contributed by atoms with Gasteiger partial charge in [0.15, 0.2) is 0 Å². The molecule has 24 heavy (non-hydrogen) atoms. The van der Waals surface area contributed by atoms with Gasteiger partial charge in [-0.25, -0.2) is 4.79 Å². The van der Waals surface area contributed by atoms with Gasteiger partial charge >= 0.3 is 5.97 Å². The maximum Gasteiger partial charge on any atom is 0.330 e. The van der Waals surface area contributed by atoms with Gasteiger partial charge in [-0.15, -0.1) is 0 Å². The van der Waals surface area contributed by atoms with Crippen molar-refractivity contribution < 1.29 is 19.4 Å². The van der Waals surface area contributed by atoms with E-state index in [2.05, 4.69) is 20.8 Å². The average molecular weight is 397 g/mol. The molecule has 0 bridgehead atoms. The van der Waals surface area contributed by atoms with Gasteiger partial charge in [0.1, 0.15) is 0 Å². The van der Waals surface area contributed by atoms with Gasteiger partial charge in [-0.3, -0.25) is 4.79 Å². The Hall–Kier alpha value is -1.86. The second-order valence-electron chi connectivity index (χ2n) is 5.38. The van der Waals surface area contributed by atoms with Gasteiger partial charge in [-0.05, 0) is 31.2 Å². The predicted molar refractivity (Wildman–Crippen MR) is 94.7 cm³/mol. The number of ether oxygens (including phenoxy) is 1. The Morgan fingerprint density at radius 3 is 2.62 bits per heavy atom. The molecule has 0 radical (unpaired) electrons. The highest BCUT2D eigenvalue weighted by molar-refractivity contribution is 9.10. The van der Waals surface area contributed by atoms with Crippen molar-refractivity contribution in [2.24, 2.45) is 0 Å². The van der Waals surface area contributed by atoms with Crippen molar-refractivity contribution in [2.75, 3.05) is 37.7 Å². The first-order valence-corrected chi connectivity index (χ1v) is 8.61. The lowest BCUT2D eigenvalue weighted by molar-refractivity contribution is -0.138. The van der Waals surface area contributed by atoms with Crippen LogP contribution in [0.25, 0.3) is 0 Å². The van der Waals surface area contributed by atoms with Crippen molar-refractivity contribution in [1.29, 1.82) is 0 Å². The van der Waals surface area contributed by atoms with Crippen molar-refractivity contribution in [3.63, 3.8) is 0 Å². The summed E-state index contributed by atoms with van der Waals surface area (Å²) in [5.74, 6) is -0.836. The zero-order chi connectivity index (χ0) is 17.5. The van der Waals surface area contributed by atoms with Gasteiger partial charge in [-0.2, -0.15) is 0 Å². The van der Waals surface area contributed by atoms with Crippen LogP contribution in [0.4, 0.5) is 5.69 Å². The lowest BCUT2D eigenvalue weighted by atomic mass is 10.1. The van der Waals surface area contributed by atoms with Gasteiger partial charge in [0, 0.05) is 41.9 Å². The summed E-state index contributed by atoms with van der Waals surface area (Å²) in [6.07, 6.45) is 2.33. The highest BCUT2D eigenvalue weighted by Gasteiger charge is 2.29. The fourth-order valence-corrected chi connectivity index (χ4v) is 2.88. The molecule has 2 rings (SSSR count). The first-order chi connectivity index (χ1) is 11.5. The van der Waals surface area contributed by atoms with Crippen LogP contribution < -0.4 is 4.90 Å². The minimum atomic E-state index is -0.542. The van der Waals surface area contributed by atoms with Crippen molar-refractivity contribution in [1.82, 2.24) is 4.90 Å². The molecule has 1 N–H and O–H groups in total. The van der Waals surface area contributed by atoms with Crippen molar-refractivity contribution in [3.05, 3.63) is 40.9 Å². The van der Waals surface area contributed by atoms with Gasteiger partial charge < -0.3 is 19.6 Å². The largest absolute Gasteiger partial charge is 0.463 e. The molecule has 7 heteroatoms. The highest BCUT2D eigenvalue weighted by Crippen LogP contribution is 2.21. The molecule has 0 aliphatic carbocycles. The molecule has 0 saturated carbocycles. The molecule has 1 atom stereocenters. The normalized spacial score (nSPS) is 18.0. The second-order valence-corrected chi connectivity index (χ2v) is 6.29. The van der Waals surface area contributed by atoms with Crippen LogP contribution >= 0.6 is 15.9 Å². The summed E-state index contributed by atoms with van der Waals surface area (Å²) in [7, 11) is 0. The molecule has 1 fully saturated rings. The van der Waals surface area contributed by atoms with E-state index in [1.165, 1.54) is 6.08 Å². The number of amides is 1. The van der Waals surface area contributed by atoms with E-state index >= 15 is 0 Å². The van der Waals surface area contributed by atoms with Crippen LogP contribution in [-0.4, -0.2) is 60.8 Å². The summed E-state index contributed by atoms with van der Waals surface area (Å²) >= 11 is 3.41. The molecule has 0 spiro atoms. The van der Waals surface area contributed by atoms with Crippen molar-refractivity contribution in [3.8, 4) is 0 Å². The molecular weight excluding hydrogens is 376 g/mol. The number of aliphatic hydroxyl groups is 1. The van der Waals surface area contributed by atoms with E-state index < -0.39 is 5.97 Å². The molecule has 6 nitrogen and oxygen atoms in total. The van der Waals surface area contributed by atoms with E-state index in [-0.39, 0.29) is 25.2 Å². The molecule has 1 aromatic rings. The number of aliphatic hydroxyl groups excluding tert-OH is 1. The smallest absolute Gasteiger partial charge is 0.330 e. The van der Waals surface area contributed by atoms with Gasteiger partial charge in [0.2, 0.25) is 5.91 Å². The Morgan fingerprint density at radius 2 is 2.00 bits per heavy atom. The summed E-state index contributed by atoms with van der Waals surface area (Å²) in [5, 5.41) is 9.64. The van der Waals surface area contributed by atoms with Crippen LogP contribution in [-0.2, 0) is 14.3 Å². The summed E-state index contributed by atoms with van der Waals surface area (Å²) in [5.41, 5.74) is 1.05. The molecule has 1 heterocycles. The number of benzene rings is 1. The zero-order valence-corrected chi connectivity index (χ0v) is 15.1. The number of carbonyl (C=O) groups is 2. The third-order valence-corrected chi connectivity index (χ3v) is 4.35. The second kappa shape index (κ2) is 8.84. The molecule has 1 aliphatic heterocycles. The van der Waals surface area contributed by atoms with Gasteiger partial charge in [-0.1, -0.05) is 15.9 Å². The average Bonchev–Trinajstić information content (AvgIpc) is 2.60. The molecule has 1 saturated heterocycles. The lowest BCUT2D eigenvalue weighted by Crippen LogP contribution is -2.56. The Bertz CT molecular complexity index is 603. The summed E-state index contributed by atoms with van der Waals surface area (Å²) in [6.45, 7) is 3.52. The Kier molecular flexibility index (Phi) is 6.81. The van der Waals surface area contributed by atoms with E-state index in [0.29, 0.717) is 19.6 Å². The number of anilines is 1. The SMILES string of the molecule is CCOC(=O)/C=C/C(=O)N1CCN(c2ccc(Br)cc2)CC1CO. The van der Waals surface area contributed by atoms with Crippen LogP contribution in [0.5, 0.6) is 0 Å². The molecule has 1 aliphatic rings. The van der Waals surface area contributed by atoms with Crippen LogP contribution in [0, 0.1) is 0 Å². The molecule has 1 aromatic carbocycles. The predicted octanol–water partition coefficient (Wildman–Crippen LogP) is 1.58. The highest BCUT2D eigenvalue weighted by atomic mass is 79.9. The number of rotatable bonds is 5. The summed E-state index contributed by atoms with van der Waals surface area (Å²) in [6, 6.07) is 7.60. The number of esters is 1. The fraction of sp³-hybridized carbons (Fsp3) is 0.412. The zero-order valence-electron chi connectivity index (χ0n) is 13.5. The van der Waals surface area contributed by atoms with E-state index in [9.17, 15) is 14.7 Å². The number of hydrogen-bond acceptors (Lipinski definition) is 5. The summed E-state index contributed by atoms with van der Waals surface area (Å²) < 4.78 is 5.76. The number of hydrogen-bond donors (Lipinski definition) is 1. The van der Waals surface area contributed by atoms with E-state index in [1.807, 2.05) is 24.3 Å². The Labute approximate surface area is 149 Å². The fourth-order valence-electron chi connectivity index (χ4n) is 2.61. The quantitative estimate of drug-likeness (QED) is 0.604. The van der Waals surface area contributed by atoms with Crippen LogP contribution in [0.3, 0.4) is 0 Å². The van der Waals surface area contributed by atoms with Gasteiger partial charge in [0.05, 0.1) is 19.3 Å². The molecule has 1 amide bonds. The first-order valence-electron chi connectivity index (χ1n) is 7.82. The molecule has 130 valence electrons. The third kappa shape index (κ3) is 4.82. The number of carbonyl (C=O) groups excluding carboxylic acids is 2. The van der Waals surface area contributed by atoms with Crippen molar-refractivity contribution >= 4 is 33.5 Å². The number of piperazine rings is 1. The van der Waals surface area contributed by atoms with Crippen molar-refractivity contribution in [2.45, 2.75) is 13.0 Å². The van der Waals surface area contributed by atoms with Crippen LogP contribution in [0.15, 0.2) is 40.9 Å². The maximum atomic E-state index is 12.3. The van der Waals surface area contributed by atoms with Crippen LogP contribution in [0.2, 0.25) is 0 Å². The first kappa shape index (κ1) is 18.5. The Morgan fingerprint density at radius 1 is 1.29 bits per heavy atom. The van der Waals surface area contributed by atoms with E-state index in [0.717, 1.165) is 16.2 Å². The van der Waals surface area contributed by atoms with Gasteiger partial charge in [0.25, 0.3) is 0 Å².